The number of anilines is 2. The molecule has 0 heterocycles. The fraction of sp³-hybridized carbons (Fsp3) is 0.0667. The van der Waals surface area contributed by atoms with Crippen molar-refractivity contribution in [2.75, 3.05) is 17.7 Å². The zero-order valence-corrected chi connectivity index (χ0v) is 13.9. The van der Waals surface area contributed by atoms with E-state index >= 15 is 0 Å². The fourth-order valence-corrected chi connectivity index (χ4v) is 2.32. The Hall–Kier alpha value is -2.05. The first-order chi connectivity index (χ1) is 10.5. The third-order valence-electron chi connectivity index (χ3n) is 2.74. The smallest absolute Gasteiger partial charge is 0.314 e. The van der Waals surface area contributed by atoms with Gasteiger partial charge in [0.2, 0.25) is 0 Å². The summed E-state index contributed by atoms with van der Waals surface area (Å²) in [5.74, 6) is -1.09. The van der Waals surface area contributed by atoms with Gasteiger partial charge in [-0.3, -0.25) is 9.59 Å². The number of rotatable bonds is 3. The zero-order valence-electron chi connectivity index (χ0n) is 11.5. The highest BCUT2D eigenvalue weighted by molar-refractivity contribution is 9.10. The normalized spacial score (nSPS) is 9.95. The van der Waals surface area contributed by atoms with Gasteiger partial charge in [0.1, 0.15) is 5.75 Å². The highest BCUT2D eigenvalue weighted by Crippen LogP contribution is 2.27. The molecule has 0 aliphatic carbocycles. The van der Waals surface area contributed by atoms with Crippen LogP contribution in [0.4, 0.5) is 11.4 Å². The SMILES string of the molecule is COc1ccc(NC(=O)C(=O)Nc2ccccc2Br)cc1Cl. The van der Waals surface area contributed by atoms with E-state index in [0.29, 0.717) is 26.6 Å². The standard InChI is InChI=1S/C15H12BrClN2O3/c1-22-13-7-6-9(8-11(13)17)18-14(20)15(21)19-12-5-3-2-4-10(12)16/h2-8H,1H3,(H,18,20)(H,19,21). The van der Waals surface area contributed by atoms with Crippen LogP contribution in [-0.2, 0) is 9.59 Å². The van der Waals surface area contributed by atoms with Crippen LogP contribution in [0.25, 0.3) is 0 Å². The van der Waals surface area contributed by atoms with E-state index in [4.69, 9.17) is 16.3 Å². The number of methoxy groups -OCH3 is 1. The van der Waals surface area contributed by atoms with Crippen LogP contribution >= 0.6 is 27.5 Å². The average molecular weight is 384 g/mol. The van der Waals surface area contributed by atoms with Crippen molar-refractivity contribution in [3.8, 4) is 5.75 Å². The number of carbonyl (C=O) groups is 2. The first-order valence-corrected chi connectivity index (χ1v) is 7.38. The summed E-state index contributed by atoms with van der Waals surface area (Å²) in [6.45, 7) is 0. The van der Waals surface area contributed by atoms with Crippen molar-refractivity contribution in [3.05, 3.63) is 52.0 Å². The molecule has 0 spiro atoms. The molecule has 114 valence electrons. The van der Waals surface area contributed by atoms with Gasteiger partial charge in [-0.05, 0) is 46.3 Å². The highest BCUT2D eigenvalue weighted by Gasteiger charge is 2.15. The summed E-state index contributed by atoms with van der Waals surface area (Å²) in [5, 5.41) is 5.32. The van der Waals surface area contributed by atoms with Crippen molar-refractivity contribution in [2.24, 2.45) is 0 Å². The van der Waals surface area contributed by atoms with Crippen molar-refractivity contribution in [1.29, 1.82) is 0 Å². The summed E-state index contributed by atoms with van der Waals surface area (Å²) < 4.78 is 5.70. The van der Waals surface area contributed by atoms with E-state index in [-0.39, 0.29) is 0 Å². The lowest BCUT2D eigenvalue weighted by atomic mass is 10.3. The van der Waals surface area contributed by atoms with Gasteiger partial charge in [0.05, 0.1) is 17.8 Å². The quantitative estimate of drug-likeness (QED) is 0.794. The van der Waals surface area contributed by atoms with Crippen LogP contribution < -0.4 is 15.4 Å². The molecule has 0 unspecified atom stereocenters. The molecule has 5 nitrogen and oxygen atoms in total. The molecule has 0 radical (unpaired) electrons. The molecule has 0 aliphatic heterocycles. The molecule has 0 bridgehead atoms. The largest absolute Gasteiger partial charge is 0.495 e. The summed E-state index contributed by atoms with van der Waals surface area (Å²) in [6, 6.07) is 11.7. The van der Waals surface area contributed by atoms with Crippen molar-refractivity contribution in [2.45, 2.75) is 0 Å². The lowest BCUT2D eigenvalue weighted by molar-refractivity contribution is -0.133. The van der Waals surface area contributed by atoms with E-state index in [0.717, 1.165) is 0 Å². The number of ether oxygens (including phenoxy) is 1. The second-order valence-corrected chi connectivity index (χ2v) is 5.50. The second kappa shape index (κ2) is 7.29. The molecule has 0 fully saturated rings. The van der Waals surface area contributed by atoms with Crippen LogP contribution in [0.5, 0.6) is 5.75 Å². The number of halogens is 2. The van der Waals surface area contributed by atoms with Gasteiger partial charge in [-0.2, -0.15) is 0 Å². The van der Waals surface area contributed by atoms with Crippen LogP contribution in [0.2, 0.25) is 5.02 Å². The monoisotopic (exact) mass is 382 g/mol. The first-order valence-electron chi connectivity index (χ1n) is 6.21. The van der Waals surface area contributed by atoms with Crippen LogP contribution in [0, 0.1) is 0 Å². The molecule has 0 saturated heterocycles. The molecule has 0 aliphatic rings. The van der Waals surface area contributed by atoms with E-state index in [1.807, 2.05) is 0 Å². The Labute approximate surface area is 140 Å². The average Bonchev–Trinajstić information content (AvgIpc) is 2.49. The minimum Gasteiger partial charge on any atom is -0.495 e. The van der Waals surface area contributed by atoms with E-state index < -0.39 is 11.8 Å². The van der Waals surface area contributed by atoms with Crippen LogP contribution in [-0.4, -0.2) is 18.9 Å². The number of amides is 2. The number of hydrogen-bond donors (Lipinski definition) is 2. The summed E-state index contributed by atoms with van der Waals surface area (Å²) in [4.78, 5) is 23.8. The molecule has 2 rings (SSSR count). The van der Waals surface area contributed by atoms with Gasteiger partial charge >= 0.3 is 11.8 Å². The van der Waals surface area contributed by atoms with Crippen LogP contribution in [0.1, 0.15) is 0 Å². The summed E-state index contributed by atoms with van der Waals surface area (Å²) in [5.41, 5.74) is 0.911. The summed E-state index contributed by atoms with van der Waals surface area (Å²) in [6.07, 6.45) is 0. The Kier molecular flexibility index (Phi) is 5.41. The van der Waals surface area contributed by atoms with Gasteiger partial charge in [0.15, 0.2) is 0 Å². The third kappa shape index (κ3) is 3.99. The number of benzene rings is 2. The lowest BCUT2D eigenvalue weighted by Gasteiger charge is -2.09. The van der Waals surface area contributed by atoms with Gasteiger partial charge in [0.25, 0.3) is 0 Å². The molecule has 0 aromatic heterocycles. The van der Waals surface area contributed by atoms with E-state index in [1.165, 1.54) is 13.2 Å². The maximum absolute atomic E-state index is 11.9. The van der Waals surface area contributed by atoms with E-state index in [1.54, 1.807) is 36.4 Å². The summed E-state index contributed by atoms with van der Waals surface area (Å²) in [7, 11) is 1.49. The lowest BCUT2D eigenvalue weighted by Crippen LogP contribution is -2.29. The molecule has 7 heteroatoms. The first kappa shape index (κ1) is 16.3. The Bertz CT molecular complexity index is 722. The van der Waals surface area contributed by atoms with Crippen LogP contribution in [0.15, 0.2) is 46.9 Å². The maximum Gasteiger partial charge on any atom is 0.314 e. The Morgan fingerprint density at radius 1 is 1.09 bits per heavy atom. The Balaban J connectivity index is 2.04. The van der Waals surface area contributed by atoms with Gasteiger partial charge in [0, 0.05) is 10.2 Å². The number of para-hydroxylation sites is 1. The van der Waals surface area contributed by atoms with Crippen LogP contribution in [0.3, 0.4) is 0 Å². The van der Waals surface area contributed by atoms with Gasteiger partial charge in [-0.1, -0.05) is 23.7 Å². The molecule has 0 atom stereocenters. The van der Waals surface area contributed by atoms with Gasteiger partial charge in [-0.15, -0.1) is 0 Å². The van der Waals surface area contributed by atoms with E-state index in [2.05, 4.69) is 26.6 Å². The topological polar surface area (TPSA) is 67.4 Å². The molecular formula is C15H12BrClN2O3. The van der Waals surface area contributed by atoms with E-state index in [9.17, 15) is 9.59 Å². The molecule has 2 aromatic rings. The Morgan fingerprint density at radius 3 is 2.41 bits per heavy atom. The van der Waals surface area contributed by atoms with Crippen molar-refractivity contribution in [3.63, 3.8) is 0 Å². The fourth-order valence-electron chi connectivity index (χ4n) is 1.67. The zero-order chi connectivity index (χ0) is 16.1. The number of carbonyl (C=O) groups excluding carboxylic acids is 2. The third-order valence-corrected chi connectivity index (χ3v) is 3.72. The predicted molar refractivity (Wildman–Crippen MR) is 89.4 cm³/mol. The molecule has 2 N–H and O–H groups in total. The Morgan fingerprint density at radius 2 is 1.77 bits per heavy atom. The highest BCUT2D eigenvalue weighted by atomic mass is 79.9. The van der Waals surface area contributed by atoms with Crippen molar-refractivity contribution < 1.29 is 14.3 Å². The van der Waals surface area contributed by atoms with Crippen molar-refractivity contribution >= 4 is 50.7 Å². The second-order valence-electron chi connectivity index (χ2n) is 4.24. The maximum atomic E-state index is 11.9. The summed E-state index contributed by atoms with van der Waals surface area (Å²) >= 11 is 9.25. The molecular weight excluding hydrogens is 372 g/mol. The molecule has 2 amide bonds. The minimum atomic E-state index is -0.794. The number of nitrogens with one attached hydrogen (secondary N) is 2. The molecule has 0 saturated carbocycles. The number of hydrogen-bond acceptors (Lipinski definition) is 3. The van der Waals surface area contributed by atoms with Crippen molar-refractivity contribution in [1.82, 2.24) is 0 Å². The molecule has 22 heavy (non-hydrogen) atoms. The predicted octanol–water partition coefficient (Wildman–Crippen LogP) is 3.69. The molecule has 2 aromatic carbocycles. The van der Waals surface area contributed by atoms with Gasteiger partial charge in [-0.25, -0.2) is 0 Å². The van der Waals surface area contributed by atoms with Gasteiger partial charge < -0.3 is 15.4 Å². The minimum absolute atomic E-state index is 0.339.